The Labute approximate surface area is 131 Å². The van der Waals surface area contributed by atoms with Gasteiger partial charge in [0.15, 0.2) is 0 Å². The number of halogens is 1. The van der Waals surface area contributed by atoms with Crippen molar-refractivity contribution in [3.63, 3.8) is 0 Å². The molecule has 22 heavy (non-hydrogen) atoms. The van der Waals surface area contributed by atoms with E-state index < -0.39 is 5.60 Å². The Hall–Kier alpha value is -1.42. The first-order valence-corrected chi connectivity index (χ1v) is 8.25. The predicted molar refractivity (Wildman–Crippen MR) is 82.9 cm³/mol. The highest BCUT2D eigenvalue weighted by Crippen LogP contribution is 2.33. The SMILES string of the molecule is Cc1cc(CC2CCN(C(=O)C3(O)CCCC3)C2)ccc1F. The van der Waals surface area contributed by atoms with Crippen molar-refractivity contribution in [3.05, 3.63) is 35.1 Å². The lowest BCUT2D eigenvalue weighted by molar-refractivity contribution is -0.149. The van der Waals surface area contributed by atoms with E-state index in [2.05, 4.69) is 0 Å². The topological polar surface area (TPSA) is 40.5 Å². The summed E-state index contributed by atoms with van der Waals surface area (Å²) in [6.07, 6.45) is 4.90. The van der Waals surface area contributed by atoms with Crippen LogP contribution in [-0.4, -0.2) is 34.6 Å². The number of rotatable bonds is 3. The summed E-state index contributed by atoms with van der Waals surface area (Å²) in [5.74, 6) is 0.150. The van der Waals surface area contributed by atoms with Gasteiger partial charge in [-0.25, -0.2) is 4.39 Å². The van der Waals surface area contributed by atoms with Crippen molar-refractivity contribution in [1.29, 1.82) is 0 Å². The van der Waals surface area contributed by atoms with E-state index in [1.807, 2.05) is 17.0 Å². The molecule has 2 aliphatic rings. The van der Waals surface area contributed by atoms with Crippen LogP contribution in [0.15, 0.2) is 18.2 Å². The highest BCUT2D eigenvalue weighted by molar-refractivity contribution is 5.85. The van der Waals surface area contributed by atoms with Crippen LogP contribution in [0, 0.1) is 18.7 Å². The lowest BCUT2D eigenvalue weighted by Crippen LogP contribution is -2.46. The van der Waals surface area contributed by atoms with Gasteiger partial charge in [0, 0.05) is 13.1 Å². The second kappa shape index (κ2) is 5.99. The Morgan fingerprint density at radius 3 is 2.82 bits per heavy atom. The van der Waals surface area contributed by atoms with E-state index in [0.717, 1.165) is 37.8 Å². The molecular weight excluding hydrogens is 281 g/mol. The highest BCUT2D eigenvalue weighted by atomic mass is 19.1. The van der Waals surface area contributed by atoms with Gasteiger partial charge in [-0.1, -0.05) is 12.1 Å². The van der Waals surface area contributed by atoms with Crippen molar-refractivity contribution in [2.75, 3.05) is 13.1 Å². The van der Waals surface area contributed by atoms with Gasteiger partial charge in [0.2, 0.25) is 0 Å². The molecule has 0 spiro atoms. The van der Waals surface area contributed by atoms with Gasteiger partial charge in [-0.05, 0) is 68.6 Å². The summed E-state index contributed by atoms with van der Waals surface area (Å²) in [7, 11) is 0. The predicted octanol–water partition coefficient (Wildman–Crippen LogP) is 2.83. The third-order valence-electron chi connectivity index (χ3n) is 5.15. The number of likely N-dealkylation sites (tertiary alicyclic amines) is 1. The van der Waals surface area contributed by atoms with Crippen LogP contribution in [0.2, 0.25) is 0 Å². The summed E-state index contributed by atoms with van der Waals surface area (Å²) in [6.45, 7) is 3.21. The maximum absolute atomic E-state index is 13.3. The number of aliphatic hydroxyl groups is 1. The molecule has 1 aromatic rings. The Morgan fingerprint density at radius 2 is 2.14 bits per heavy atom. The normalized spacial score (nSPS) is 24.0. The fraction of sp³-hybridized carbons (Fsp3) is 0.611. The van der Waals surface area contributed by atoms with E-state index in [1.165, 1.54) is 6.07 Å². The molecular formula is C18H24FNO2. The van der Waals surface area contributed by atoms with Crippen LogP contribution in [0.5, 0.6) is 0 Å². The van der Waals surface area contributed by atoms with Gasteiger partial charge in [-0.15, -0.1) is 0 Å². The monoisotopic (exact) mass is 305 g/mol. The van der Waals surface area contributed by atoms with Crippen LogP contribution in [0.4, 0.5) is 4.39 Å². The van der Waals surface area contributed by atoms with Crippen LogP contribution in [0.25, 0.3) is 0 Å². The van der Waals surface area contributed by atoms with E-state index in [1.54, 1.807) is 6.92 Å². The number of aryl methyl sites for hydroxylation is 1. The van der Waals surface area contributed by atoms with Gasteiger partial charge >= 0.3 is 0 Å². The largest absolute Gasteiger partial charge is 0.380 e. The van der Waals surface area contributed by atoms with Crippen molar-refractivity contribution >= 4 is 5.91 Å². The number of hydrogen-bond donors (Lipinski definition) is 1. The summed E-state index contributed by atoms with van der Waals surface area (Å²) in [6, 6.07) is 5.24. The molecule has 4 heteroatoms. The molecule has 1 heterocycles. The van der Waals surface area contributed by atoms with Gasteiger partial charge in [0.1, 0.15) is 11.4 Å². The molecule has 1 N–H and O–H groups in total. The van der Waals surface area contributed by atoms with E-state index in [9.17, 15) is 14.3 Å². The van der Waals surface area contributed by atoms with E-state index in [-0.39, 0.29) is 11.7 Å². The number of benzene rings is 1. The molecule has 1 aliphatic carbocycles. The fourth-order valence-electron chi connectivity index (χ4n) is 3.82. The average Bonchev–Trinajstić information content (AvgIpc) is 3.12. The van der Waals surface area contributed by atoms with E-state index >= 15 is 0 Å². The number of hydrogen-bond acceptors (Lipinski definition) is 2. The second-order valence-electron chi connectivity index (χ2n) is 6.93. The number of amides is 1. The molecule has 1 aliphatic heterocycles. The lowest BCUT2D eigenvalue weighted by atomic mass is 9.97. The van der Waals surface area contributed by atoms with Crippen LogP contribution in [0.1, 0.15) is 43.2 Å². The zero-order chi connectivity index (χ0) is 15.7. The van der Waals surface area contributed by atoms with Crippen LogP contribution in [0.3, 0.4) is 0 Å². The molecule has 0 radical (unpaired) electrons. The smallest absolute Gasteiger partial charge is 0.254 e. The van der Waals surface area contributed by atoms with E-state index in [4.69, 9.17) is 0 Å². The highest BCUT2D eigenvalue weighted by Gasteiger charge is 2.43. The minimum absolute atomic E-state index is 0.0808. The molecule has 3 nitrogen and oxygen atoms in total. The first-order chi connectivity index (χ1) is 10.5. The van der Waals surface area contributed by atoms with Crippen molar-refractivity contribution in [2.24, 2.45) is 5.92 Å². The summed E-state index contributed by atoms with van der Waals surface area (Å²) in [4.78, 5) is 14.3. The average molecular weight is 305 g/mol. The molecule has 1 saturated heterocycles. The van der Waals surface area contributed by atoms with Crippen LogP contribution >= 0.6 is 0 Å². The summed E-state index contributed by atoms with van der Waals surface area (Å²) < 4.78 is 13.3. The quantitative estimate of drug-likeness (QED) is 0.933. The molecule has 120 valence electrons. The van der Waals surface area contributed by atoms with Crippen LogP contribution < -0.4 is 0 Å². The second-order valence-corrected chi connectivity index (χ2v) is 6.93. The maximum atomic E-state index is 13.3. The zero-order valence-corrected chi connectivity index (χ0v) is 13.1. The maximum Gasteiger partial charge on any atom is 0.254 e. The van der Waals surface area contributed by atoms with Crippen LogP contribution in [-0.2, 0) is 11.2 Å². The van der Waals surface area contributed by atoms with Crippen molar-refractivity contribution in [3.8, 4) is 0 Å². The molecule has 1 unspecified atom stereocenters. The van der Waals surface area contributed by atoms with Crippen molar-refractivity contribution in [2.45, 2.75) is 51.0 Å². The molecule has 1 amide bonds. The summed E-state index contributed by atoms with van der Waals surface area (Å²) in [5, 5.41) is 10.4. The molecule has 2 fully saturated rings. The Kier molecular flexibility index (Phi) is 4.22. The van der Waals surface area contributed by atoms with Crippen molar-refractivity contribution in [1.82, 2.24) is 4.90 Å². The molecule has 1 saturated carbocycles. The zero-order valence-electron chi connectivity index (χ0n) is 13.1. The first-order valence-electron chi connectivity index (χ1n) is 8.25. The van der Waals surface area contributed by atoms with Gasteiger partial charge in [-0.3, -0.25) is 4.79 Å². The van der Waals surface area contributed by atoms with Gasteiger partial charge < -0.3 is 10.0 Å². The minimum atomic E-state index is -1.11. The van der Waals surface area contributed by atoms with E-state index in [0.29, 0.717) is 30.9 Å². The van der Waals surface area contributed by atoms with Gasteiger partial charge in [0.25, 0.3) is 5.91 Å². The molecule has 1 atom stereocenters. The summed E-state index contributed by atoms with van der Waals surface area (Å²) >= 11 is 0. The number of carbonyl (C=O) groups excluding carboxylic acids is 1. The Bertz CT molecular complexity index is 566. The standard InChI is InChI=1S/C18H24FNO2/c1-13-10-14(4-5-16(13)19)11-15-6-9-20(12-15)17(21)18(22)7-2-3-8-18/h4-5,10,15,22H,2-3,6-9,11-12H2,1H3. The third kappa shape index (κ3) is 3.02. The fourth-order valence-corrected chi connectivity index (χ4v) is 3.82. The number of nitrogens with zero attached hydrogens (tertiary/aromatic N) is 1. The molecule has 0 bridgehead atoms. The van der Waals surface area contributed by atoms with Gasteiger partial charge in [-0.2, -0.15) is 0 Å². The Morgan fingerprint density at radius 1 is 1.41 bits per heavy atom. The Balaban J connectivity index is 1.60. The lowest BCUT2D eigenvalue weighted by Gasteiger charge is -2.27. The third-order valence-corrected chi connectivity index (χ3v) is 5.15. The van der Waals surface area contributed by atoms with Crippen molar-refractivity contribution < 1.29 is 14.3 Å². The van der Waals surface area contributed by atoms with Gasteiger partial charge in [0.05, 0.1) is 0 Å². The number of carbonyl (C=O) groups is 1. The first kappa shape index (κ1) is 15.5. The molecule has 3 rings (SSSR count). The molecule has 0 aromatic heterocycles. The minimum Gasteiger partial charge on any atom is -0.380 e. The molecule has 1 aromatic carbocycles. The summed E-state index contributed by atoms with van der Waals surface area (Å²) in [5.41, 5.74) is 0.683.